The van der Waals surface area contributed by atoms with E-state index in [1.807, 2.05) is 25.1 Å². The number of anilines is 1. The first-order valence-electron chi connectivity index (χ1n) is 12.2. The summed E-state index contributed by atoms with van der Waals surface area (Å²) in [5, 5.41) is 12.6. The molecule has 1 atom stereocenters. The molecule has 7 nitrogen and oxygen atoms in total. The molecule has 3 aromatic rings. The molecule has 1 spiro atoms. The van der Waals surface area contributed by atoms with Crippen molar-refractivity contribution in [2.45, 2.75) is 38.5 Å². The number of aromatic nitrogens is 3. The van der Waals surface area contributed by atoms with Gasteiger partial charge in [0.05, 0.1) is 23.0 Å². The molecular formula is C27H27FN6O. The molecule has 3 aliphatic rings. The minimum absolute atomic E-state index is 0.0411. The van der Waals surface area contributed by atoms with Crippen molar-refractivity contribution in [1.29, 1.82) is 5.26 Å². The smallest absolute Gasteiger partial charge is 0.263 e. The fourth-order valence-corrected chi connectivity index (χ4v) is 5.49. The lowest BCUT2D eigenvalue weighted by atomic mass is 9.87. The van der Waals surface area contributed by atoms with E-state index in [-0.39, 0.29) is 16.5 Å². The van der Waals surface area contributed by atoms with Gasteiger partial charge in [0.1, 0.15) is 23.5 Å². The number of rotatable bonds is 4. The molecule has 2 saturated heterocycles. The number of hydrogen-bond acceptors (Lipinski definition) is 6. The second-order valence-corrected chi connectivity index (χ2v) is 10.1. The van der Waals surface area contributed by atoms with Crippen LogP contribution in [0.2, 0.25) is 0 Å². The Balaban J connectivity index is 1.50. The van der Waals surface area contributed by atoms with Crippen LogP contribution in [0.1, 0.15) is 48.4 Å². The third-order valence-electron chi connectivity index (χ3n) is 7.73. The zero-order valence-corrected chi connectivity index (χ0v) is 19.7. The van der Waals surface area contributed by atoms with Gasteiger partial charge >= 0.3 is 0 Å². The number of hydrogen-bond donors (Lipinski definition) is 1. The van der Waals surface area contributed by atoms with Crippen molar-refractivity contribution in [3.63, 3.8) is 0 Å². The van der Waals surface area contributed by atoms with Crippen molar-refractivity contribution in [3.8, 4) is 23.1 Å². The molecule has 178 valence electrons. The van der Waals surface area contributed by atoms with Crippen LogP contribution in [0.15, 0.2) is 41.3 Å². The molecular weight excluding hydrogens is 443 g/mol. The van der Waals surface area contributed by atoms with Gasteiger partial charge in [0.2, 0.25) is 0 Å². The van der Waals surface area contributed by atoms with E-state index in [1.54, 1.807) is 12.3 Å². The summed E-state index contributed by atoms with van der Waals surface area (Å²) in [4.78, 5) is 25.6. The maximum absolute atomic E-state index is 14.6. The lowest BCUT2D eigenvalue weighted by Crippen LogP contribution is -2.33. The molecule has 1 aliphatic carbocycles. The van der Waals surface area contributed by atoms with Gasteiger partial charge in [0, 0.05) is 42.2 Å². The van der Waals surface area contributed by atoms with Crippen molar-refractivity contribution in [3.05, 3.63) is 69.5 Å². The predicted octanol–water partition coefficient (Wildman–Crippen LogP) is 3.68. The minimum atomic E-state index is -0.632. The first-order chi connectivity index (χ1) is 17.0. The van der Waals surface area contributed by atoms with Crippen LogP contribution in [0, 0.1) is 29.5 Å². The molecule has 0 radical (unpaired) electrons. The van der Waals surface area contributed by atoms with Gasteiger partial charge in [-0.15, -0.1) is 0 Å². The van der Waals surface area contributed by atoms with Crippen molar-refractivity contribution in [1.82, 2.24) is 19.9 Å². The SMILES string of the molecule is Cc1c(N2CCC3(CCNC3)C2)nc(-c2ccc(C#N)c(F)c2)n(-c2ccc(C3CC3)nc2)c1=O. The van der Waals surface area contributed by atoms with Crippen LogP contribution in [0.5, 0.6) is 0 Å². The number of nitrogens with one attached hydrogen (secondary N) is 1. The van der Waals surface area contributed by atoms with Gasteiger partial charge in [-0.1, -0.05) is 0 Å². The maximum Gasteiger partial charge on any atom is 0.263 e. The Hall–Kier alpha value is -3.57. The number of nitriles is 1. The molecule has 3 fully saturated rings. The molecule has 0 amide bonds. The van der Waals surface area contributed by atoms with Crippen LogP contribution in [0.25, 0.3) is 17.1 Å². The summed E-state index contributed by atoms with van der Waals surface area (Å²) < 4.78 is 16.2. The molecule has 4 heterocycles. The molecule has 8 heteroatoms. The predicted molar refractivity (Wildman–Crippen MR) is 131 cm³/mol. The second-order valence-electron chi connectivity index (χ2n) is 10.1. The number of nitrogens with zero attached hydrogens (tertiary/aromatic N) is 5. The largest absolute Gasteiger partial charge is 0.356 e. The highest BCUT2D eigenvalue weighted by molar-refractivity contribution is 5.64. The van der Waals surface area contributed by atoms with Crippen molar-refractivity contribution >= 4 is 5.82 Å². The van der Waals surface area contributed by atoms with Gasteiger partial charge in [0.25, 0.3) is 5.56 Å². The Morgan fingerprint density at radius 2 is 2.09 bits per heavy atom. The molecule has 1 saturated carbocycles. The van der Waals surface area contributed by atoms with E-state index in [0.29, 0.717) is 34.4 Å². The van der Waals surface area contributed by atoms with Crippen molar-refractivity contribution in [2.75, 3.05) is 31.1 Å². The number of pyridine rings is 1. The summed E-state index contributed by atoms with van der Waals surface area (Å²) in [6.45, 7) is 5.48. The third-order valence-corrected chi connectivity index (χ3v) is 7.73. The van der Waals surface area contributed by atoms with Crippen LogP contribution in [0.3, 0.4) is 0 Å². The maximum atomic E-state index is 14.6. The summed E-state index contributed by atoms with van der Waals surface area (Å²) in [6.07, 6.45) is 6.16. The number of halogens is 1. The highest BCUT2D eigenvalue weighted by Crippen LogP contribution is 2.40. The zero-order chi connectivity index (χ0) is 24.2. The molecule has 1 N–H and O–H groups in total. The topological polar surface area (TPSA) is 86.8 Å². The minimum Gasteiger partial charge on any atom is -0.356 e. The van der Waals surface area contributed by atoms with Gasteiger partial charge < -0.3 is 10.2 Å². The molecule has 0 bridgehead atoms. The molecule has 35 heavy (non-hydrogen) atoms. The summed E-state index contributed by atoms with van der Waals surface area (Å²) in [5.41, 5.74) is 2.62. The van der Waals surface area contributed by atoms with E-state index in [1.165, 1.54) is 16.7 Å². The van der Waals surface area contributed by atoms with E-state index in [9.17, 15) is 14.4 Å². The van der Waals surface area contributed by atoms with Crippen LogP contribution in [-0.2, 0) is 0 Å². The Morgan fingerprint density at radius 1 is 1.23 bits per heavy atom. The quantitative estimate of drug-likeness (QED) is 0.626. The molecule has 2 aromatic heterocycles. The van der Waals surface area contributed by atoms with Gasteiger partial charge in [-0.05, 0) is 69.5 Å². The third kappa shape index (κ3) is 3.80. The normalized spacial score (nSPS) is 21.6. The average molecular weight is 471 g/mol. The van der Waals surface area contributed by atoms with E-state index in [0.717, 1.165) is 57.6 Å². The molecule has 1 unspecified atom stereocenters. The first kappa shape index (κ1) is 21.9. The van der Waals surface area contributed by atoms with Crippen LogP contribution < -0.4 is 15.8 Å². The van der Waals surface area contributed by atoms with Crippen molar-refractivity contribution in [2.24, 2.45) is 5.41 Å². The Labute approximate surface area is 203 Å². The van der Waals surface area contributed by atoms with E-state index in [4.69, 9.17) is 4.98 Å². The lowest BCUT2D eigenvalue weighted by Gasteiger charge is -2.25. The summed E-state index contributed by atoms with van der Waals surface area (Å²) in [6, 6.07) is 10.1. The summed E-state index contributed by atoms with van der Waals surface area (Å²) >= 11 is 0. The van der Waals surface area contributed by atoms with Gasteiger partial charge in [0.15, 0.2) is 0 Å². The Bertz CT molecular complexity index is 1400. The molecule has 6 rings (SSSR count). The first-order valence-corrected chi connectivity index (χ1v) is 12.2. The Kier molecular flexibility index (Phi) is 5.19. The molecule has 2 aliphatic heterocycles. The highest BCUT2D eigenvalue weighted by Gasteiger charge is 2.41. The van der Waals surface area contributed by atoms with E-state index in [2.05, 4.69) is 15.2 Å². The average Bonchev–Trinajstić information content (AvgIpc) is 3.49. The fraction of sp³-hybridized carbons (Fsp3) is 0.407. The zero-order valence-electron chi connectivity index (χ0n) is 19.7. The lowest BCUT2D eigenvalue weighted by molar-refractivity contribution is 0.369. The van der Waals surface area contributed by atoms with Gasteiger partial charge in [-0.25, -0.2) is 9.37 Å². The van der Waals surface area contributed by atoms with Gasteiger partial charge in [-0.3, -0.25) is 14.3 Å². The standard InChI is InChI=1S/C27H27FN6O/c1-17-24(33-11-9-27(16-33)8-10-30-15-27)32-25(19-4-5-20(13-29)22(28)12-19)34(26(17)35)21-6-7-23(31-14-21)18-2-3-18/h4-7,12,14,18,30H,2-3,8-11,15-16H2,1H3. The monoisotopic (exact) mass is 470 g/mol. The van der Waals surface area contributed by atoms with Gasteiger partial charge in [-0.2, -0.15) is 5.26 Å². The summed E-state index contributed by atoms with van der Waals surface area (Å²) in [5.74, 6) is 0.873. The Morgan fingerprint density at radius 3 is 2.74 bits per heavy atom. The van der Waals surface area contributed by atoms with Crippen LogP contribution >= 0.6 is 0 Å². The second kappa shape index (κ2) is 8.28. The van der Waals surface area contributed by atoms with E-state index < -0.39 is 5.82 Å². The van der Waals surface area contributed by atoms with E-state index >= 15 is 0 Å². The summed E-state index contributed by atoms with van der Waals surface area (Å²) in [7, 11) is 0. The highest BCUT2D eigenvalue weighted by atomic mass is 19.1. The fourth-order valence-electron chi connectivity index (χ4n) is 5.49. The molecule has 1 aromatic carbocycles. The van der Waals surface area contributed by atoms with Crippen LogP contribution in [-0.4, -0.2) is 40.7 Å². The van der Waals surface area contributed by atoms with Crippen molar-refractivity contribution < 1.29 is 4.39 Å². The van der Waals surface area contributed by atoms with Crippen LogP contribution in [0.4, 0.5) is 10.2 Å². The number of benzene rings is 1.